The monoisotopic (exact) mass is 559 g/mol. The number of carbonyl (C=O) groups excluding carboxylic acids is 3. The van der Waals surface area contributed by atoms with Gasteiger partial charge in [0.25, 0.3) is 5.91 Å². The number of likely N-dealkylation sites (N-methyl/N-ethyl adjacent to an activating group) is 1. The molecule has 41 heavy (non-hydrogen) atoms. The zero-order valence-electron chi connectivity index (χ0n) is 25.0. The molecule has 0 fully saturated rings. The topological polar surface area (TPSA) is 97.0 Å². The molecule has 8 heteroatoms. The molecule has 0 bridgehead atoms. The smallest absolute Gasteiger partial charge is 0.408 e. The Morgan fingerprint density at radius 2 is 1.56 bits per heavy atom. The summed E-state index contributed by atoms with van der Waals surface area (Å²) in [4.78, 5) is 42.6. The predicted octanol–water partition coefficient (Wildman–Crippen LogP) is 5.98. The van der Waals surface area contributed by atoms with Gasteiger partial charge in [-0.1, -0.05) is 48.5 Å². The lowest BCUT2D eigenvalue weighted by Crippen LogP contribution is -2.53. The van der Waals surface area contributed by atoms with Crippen LogP contribution < -0.4 is 15.4 Å². The maximum Gasteiger partial charge on any atom is 0.408 e. The fourth-order valence-corrected chi connectivity index (χ4v) is 4.57. The standard InChI is InChI=1S/C33H41N3O5/c1-8-36(31(38)28(21-24-14-10-9-11-15-24)35-32(39)41-33(4,5)6)29(27-16-12-13-22(2)23(27)3)30(37)34-25-17-19-26(40-7)20-18-25/h9-20,28-29H,8,21H2,1-7H3,(H,34,37)(H,35,39). The Morgan fingerprint density at radius 3 is 2.15 bits per heavy atom. The van der Waals surface area contributed by atoms with Gasteiger partial charge in [-0.15, -0.1) is 0 Å². The normalized spacial score (nSPS) is 12.6. The highest BCUT2D eigenvalue weighted by molar-refractivity contribution is 5.99. The molecule has 0 saturated carbocycles. The molecule has 0 spiro atoms. The van der Waals surface area contributed by atoms with Gasteiger partial charge in [-0.3, -0.25) is 9.59 Å². The molecule has 218 valence electrons. The number of nitrogens with zero attached hydrogens (tertiary/aromatic N) is 1. The SMILES string of the molecule is CCN(C(=O)C(Cc1ccccc1)NC(=O)OC(C)(C)C)C(C(=O)Nc1ccc(OC)cc1)c1cccc(C)c1C. The number of ether oxygens (including phenoxy) is 2. The fourth-order valence-electron chi connectivity index (χ4n) is 4.57. The van der Waals surface area contributed by atoms with Crippen LogP contribution in [0.4, 0.5) is 10.5 Å². The summed E-state index contributed by atoms with van der Waals surface area (Å²) in [5, 5.41) is 5.74. The third kappa shape index (κ3) is 8.58. The number of hydrogen-bond donors (Lipinski definition) is 2. The molecule has 0 saturated heterocycles. The van der Waals surface area contributed by atoms with E-state index < -0.39 is 29.7 Å². The van der Waals surface area contributed by atoms with Crippen LogP contribution in [0.15, 0.2) is 72.8 Å². The summed E-state index contributed by atoms with van der Waals surface area (Å²) >= 11 is 0. The Hall–Kier alpha value is -4.33. The van der Waals surface area contributed by atoms with Crippen LogP contribution in [0.5, 0.6) is 5.75 Å². The molecule has 2 unspecified atom stereocenters. The van der Waals surface area contributed by atoms with Crippen LogP contribution in [0, 0.1) is 13.8 Å². The number of hydrogen-bond acceptors (Lipinski definition) is 5. The minimum Gasteiger partial charge on any atom is -0.497 e. The minimum absolute atomic E-state index is 0.230. The lowest BCUT2D eigenvalue weighted by molar-refractivity contribution is -0.140. The molecule has 3 amide bonds. The molecule has 8 nitrogen and oxygen atoms in total. The van der Waals surface area contributed by atoms with Gasteiger partial charge in [0.2, 0.25) is 5.91 Å². The average Bonchev–Trinajstić information content (AvgIpc) is 2.92. The number of amides is 3. The fraction of sp³-hybridized carbons (Fsp3) is 0.364. The maximum absolute atomic E-state index is 14.3. The van der Waals surface area contributed by atoms with Gasteiger partial charge in [0.1, 0.15) is 23.4 Å². The Bertz CT molecular complexity index is 1330. The van der Waals surface area contributed by atoms with Crippen molar-refractivity contribution in [3.05, 3.63) is 95.1 Å². The average molecular weight is 560 g/mol. The van der Waals surface area contributed by atoms with Crippen molar-refractivity contribution in [2.75, 3.05) is 19.0 Å². The van der Waals surface area contributed by atoms with E-state index in [1.165, 1.54) is 4.90 Å². The first kappa shape index (κ1) is 31.2. The summed E-state index contributed by atoms with van der Waals surface area (Å²) in [6, 6.07) is 20.2. The number of benzene rings is 3. The Labute approximate surface area is 243 Å². The molecule has 0 aliphatic heterocycles. The Kier molecular flexibility index (Phi) is 10.5. The number of carbonyl (C=O) groups is 3. The van der Waals surface area contributed by atoms with Crippen LogP contribution in [-0.4, -0.2) is 48.1 Å². The molecular weight excluding hydrogens is 518 g/mol. The van der Waals surface area contributed by atoms with Gasteiger partial charge in [0.05, 0.1) is 7.11 Å². The van der Waals surface area contributed by atoms with Gasteiger partial charge in [0, 0.05) is 18.7 Å². The molecule has 3 aromatic carbocycles. The minimum atomic E-state index is -0.964. The van der Waals surface area contributed by atoms with Gasteiger partial charge in [0.15, 0.2) is 0 Å². The highest BCUT2D eigenvalue weighted by atomic mass is 16.6. The van der Waals surface area contributed by atoms with Crippen LogP contribution in [0.2, 0.25) is 0 Å². The van der Waals surface area contributed by atoms with Crippen molar-refractivity contribution >= 4 is 23.6 Å². The molecule has 0 aromatic heterocycles. The highest BCUT2D eigenvalue weighted by Crippen LogP contribution is 2.29. The molecule has 0 aliphatic carbocycles. The molecule has 2 atom stereocenters. The van der Waals surface area contributed by atoms with E-state index in [9.17, 15) is 14.4 Å². The Balaban J connectivity index is 2.02. The zero-order valence-corrected chi connectivity index (χ0v) is 25.0. The van der Waals surface area contributed by atoms with Crippen molar-refractivity contribution in [3.63, 3.8) is 0 Å². The van der Waals surface area contributed by atoms with E-state index in [0.717, 1.165) is 16.7 Å². The maximum atomic E-state index is 14.3. The van der Waals surface area contributed by atoms with E-state index in [1.807, 2.05) is 69.3 Å². The van der Waals surface area contributed by atoms with E-state index >= 15 is 0 Å². The van der Waals surface area contributed by atoms with E-state index in [2.05, 4.69) is 10.6 Å². The highest BCUT2D eigenvalue weighted by Gasteiger charge is 2.36. The third-order valence-corrected chi connectivity index (χ3v) is 6.75. The van der Waals surface area contributed by atoms with Crippen molar-refractivity contribution in [2.45, 2.75) is 65.6 Å². The third-order valence-electron chi connectivity index (χ3n) is 6.75. The summed E-state index contributed by atoms with van der Waals surface area (Å²) in [6.07, 6.45) is -0.469. The van der Waals surface area contributed by atoms with E-state index in [1.54, 1.807) is 52.1 Å². The van der Waals surface area contributed by atoms with Crippen molar-refractivity contribution in [1.29, 1.82) is 0 Å². The summed E-state index contributed by atoms with van der Waals surface area (Å²) in [5.41, 5.74) is 3.32. The molecule has 0 radical (unpaired) electrons. The van der Waals surface area contributed by atoms with Crippen LogP contribution in [0.3, 0.4) is 0 Å². The van der Waals surface area contributed by atoms with Crippen LogP contribution in [0.1, 0.15) is 56.0 Å². The van der Waals surface area contributed by atoms with Crippen LogP contribution in [-0.2, 0) is 20.7 Å². The summed E-state index contributed by atoms with van der Waals surface area (Å²) in [5.74, 6) is -0.0933. The summed E-state index contributed by atoms with van der Waals surface area (Å²) in [7, 11) is 1.58. The first-order valence-corrected chi connectivity index (χ1v) is 13.8. The first-order chi connectivity index (χ1) is 19.4. The van der Waals surface area contributed by atoms with Gasteiger partial charge in [-0.25, -0.2) is 4.79 Å². The van der Waals surface area contributed by atoms with E-state index in [-0.39, 0.29) is 18.9 Å². The number of rotatable bonds is 10. The van der Waals surface area contributed by atoms with E-state index in [4.69, 9.17) is 9.47 Å². The van der Waals surface area contributed by atoms with Crippen LogP contribution in [0.25, 0.3) is 0 Å². The largest absolute Gasteiger partial charge is 0.497 e. The first-order valence-electron chi connectivity index (χ1n) is 13.8. The number of alkyl carbamates (subject to hydrolysis) is 1. The van der Waals surface area contributed by atoms with Gasteiger partial charge in [-0.05, 0) is 88.1 Å². The molecule has 0 heterocycles. The van der Waals surface area contributed by atoms with Gasteiger partial charge in [-0.2, -0.15) is 0 Å². The summed E-state index contributed by atoms with van der Waals surface area (Å²) < 4.78 is 10.7. The predicted molar refractivity (Wildman–Crippen MR) is 161 cm³/mol. The van der Waals surface area contributed by atoms with Crippen molar-refractivity contribution in [1.82, 2.24) is 10.2 Å². The van der Waals surface area contributed by atoms with E-state index in [0.29, 0.717) is 17.0 Å². The molecule has 0 aliphatic rings. The second kappa shape index (κ2) is 13.8. The van der Waals surface area contributed by atoms with Crippen molar-refractivity contribution in [3.8, 4) is 5.75 Å². The quantitative estimate of drug-likeness (QED) is 0.319. The second-order valence-electron chi connectivity index (χ2n) is 10.9. The number of anilines is 1. The lowest BCUT2D eigenvalue weighted by atomic mass is 9.94. The second-order valence-corrected chi connectivity index (χ2v) is 10.9. The number of methoxy groups -OCH3 is 1. The van der Waals surface area contributed by atoms with Crippen molar-refractivity contribution in [2.24, 2.45) is 0 Å². The number of nitrogens with one attached hydrogen (secondary N) is 2. The molecule has 2 N–H and O–H groups in total. The Morgan fingerprint density at radius 1 is 0.902 bits per heavy atom. The lowest BCUT2D eigenvalue weighted by Gasteiger charge is -2.34. The van der Waals surface area contributed by atoms with Gasteiger partial charge >= 0.3 is 6.09 Å². The summed E-state index contributed by atoms with van der Waals surface area (Å²) in [6.45, 7) is 11.3. The van der Waals surface area contributed by atoms with Gasteiger partial charge < -0.3 is 25.0 Å². The molecular formula is C33H41N3O5. The van der Waals surface area contributed by atoms with Crippen LogP contribution >= 0.6 is 0 Å². The number of aryl methyl sites for hydroxylation is 1. The van der Waals surface area contributed by atoms with Crippen molar-refractivity contribution < 1.29 is 23.9 Å². The zero-order chi connectivity index (χ0) is 30.2. The molecule has 3 aromatic rings. The molecule has 3 rings (SSSR count).